The van der Waals surface area contributed by atoms with Crippen molar-refractivity contribution >= 4 is 39.6 Å². The van der Waals surface area contributed by atoms with Crippen molar-refractivity contribution in [1.82, 2.24) is 9.97 Å². The summed E-state index contributed by atoms with van der Waals surface area (Å²) in [6.07, 6.45) is 2.25. The van der Waals surface area contributed by atoms with Gasteiger partial charge in [0.15, 0.2) is 0 Å². The fourth-order valence-corrected chi connectivity index (χ4v) is 8.31. The van der Waals surface area contributed by atoms with Crippen molar-refractivity contribution in [3.8, 4) is 44.8 Å². The van der Waals surface area contributed by atoms with Gasteiger partial charge in [0.2, 0.25) is 0 Å². The van der Waals surface area contributed by atoms with Gasteiger partial charge in [-0.2, -0.15) is 0 Å². The largest absolute Gasteiger partial charge is 0 e. The van der Waals surface area contributed by atoms with E-state index in [4.69, 9.17) is 7.16 Å². The number of nitrogens with zero attached hydrogens (tertiary/aromatic N) is 2. The number of fused-ring (bicyclic) bond motifs is 3. The first-order valence-electron chi connectivity index (χ1n) is 18.4. The van der Waals surface area contributed by atoms with E-state index in [0.29, 0.717) is 16.8 Å². The van der Waals surface area contributed by atoms with Crippen molar-refractivity contribution in [3.63, 3.8) is 0 Å². The average Bonchev–Trinajstić information content (AvgIpc) is 3.57. The van der Waals surface area contributed by atoms with Crippen LogP contribution in [0.25, 0.3) is 66.7 Å². The molecule has 52 heavy (non-hydrogen) atoms. The van der Waals surface area contributed by atoms with Gasteiger partial charge in [0.25, 0.3) is 0 Å². The molecule has 0 aliphatic heterocycles. The first-order chi connectivity index (χ1) is 25.5. The van der Waals surface area contributed by atoms with E-state index in [1.807, 2.05) is 68.6 Å². The first-order valence-corrected chi connectivity index (χ1v) is 24.8. The molecule has 0 fully saturated rings. The third-order valence-corrected chi connectivity index (χ3v) is 13.1. The van der Waals surface area contributed by atoms with Crippen LogP contribution < -0.4 is 4.40 Å². The number of rotatable bonds is 7. The summed E-state index contributed by atoms with van der Waals surface area (Å²) in [4.78, 5) is 9.07. The Bertz CT molecular complexity index is 2480. The molecule has 8 aromatic rings. The van der Waals surface area contributed by atoms with E-state index < -0.39 is 19.6 Å². The van der Waals surface area contributed by atoms with E-state index in [1.54, 1.807) is 12.3 Å². The van der Waals surface area contributed by atoms with Crippen LogP contribution in [0, 0.1) is 18.1 Å². The van der Waals surface area contributed by atoms with Crippen molar-refractivity contribution in [1.29, 1.82) is 0 Å². The van der Waals surface area contributed by atoms with Crippen LogP contribution in [0.4, 0.5) is 0 Å². The summed E-state index contributed by atoms with van der Waals surface area (Å²) in [6.45, 7) is 3.78. The molecule has 0 spiro atoms. The van der Waals surface area contributed by atoms with E-state index in [2.05, 4.69) is 118 Å². The van der Waals surface area contributed by atoms with E-state index in [9.17, 15) is 0 Å². The molecule has 3 aromatic heterocycles. The molecule has 5 heteroatoms. The Kier molecular flexibility index (Phi) is 10.9. The van der Waals surface area contributed by atoms with Crippen LogP contribution in [0.3, 0.4) is 0 Å². The molecule has 0 saturated heterocycles. The van der Waals surface area contributed by atoms with E-state index >= 15 is 0 Å². The van der Waals surface area contributed by atoms with Crippen molar-refractivity contribution in [2.24, 2.45) is 5.92 Å². The predicted octanol–water partition coefficient (Wildman–Crippen LogP) is 12.1. The number of aromatic nitrogens is 2. The zero-order valence-electron chi connectivity index (χ0n) is 32.1. The van der Waals surface area contributed by atoms with Gasteiger partial charge >= 0.3 is 99.8 Å². The Morgan fingerprint density at radius 1 is 0.673 bits per heavy atom. The smallest absolute Gasteiger partial charge is 0 e. The topological polar surface area (TPSA) is 38.9 Å². The van der Waals surface area contributed by atoms with E-state index in [0.717, 1.165) is 44.3 Å². The van der Waals surface area contributed by atoms with Crippen LogP contribution >= 0.6 is 0 Å². The number of furan rings is 1. The Morgan fingerprint density at radius 3 is 2.06 bits per heavy atom. The molecule has 0 atom stereocenters. The van der Waals surface area contributed by atoms with E-state index in [1.165, 1.54) is 15.5 Å². The van der Waals surface area contributed by atoms with Crippen LogP contribution in [-0.4, -0.2) is 23.2 Å². The van der Waals surface area contributed by atoms with Crippen molar-refractivity contribution in [3.05, 3.63) is 164 Å². The minimum Gasteiger partial charge on any atom is 0 e. The summed E-state index contributed by atoms with van der Waals surface area (Å²) in [5.41, 5.74) is 10.2. The number of benzene rings is 5. The molecule has 3 heterocycles. The average molecular weight is 918 g/mol. The summed E-state index contributed by atoms with van der Waals surface area (Å²) in [5, 5.41) is 2.03. The fraction of sp³-hybridized carbons (Fsp3) is 0.149. The maximum absolute atomic E-state index is 8.50. The maximum Gasteiger partial charge on any atom is 0 e. The Hall–Kier alpha value is -4.61. The molecule has 0 bridgehead atoms. The molecule has 1 radical (unpaired) electrons. The Balaban J connectivity index is 0.000000246. The number of hydrogen-bond donors (Lipinski definition) is 0. The summed E-state index contributed by atoms with van der Waals surface area (Å²) in [6, 6.07) is 51.5. The molecule has 8 rings (SSSR count). The molecule has 5 aromatic carbocycles. The molecule has 0 unspecified atom stereocenters. The van der Waals surface area contributed by atoms with Gasteiger partial charge in [0, 0.05) is 34.4 Å². The standard InChI is InChI=1S/C33H26NO.C14H16GeN.Ir/c1-22(2)19-23-17-18-34-31(20-23)30-10-6-9-29-28-16-15-27(21-32(28)35-33(29)30)26-13-11-25(12-14-26)24-7-4-3-5-8-24;1-15(2,3)13-9-10-14(16-11-13)12-7-5-4-6-8-12;/h3-9,11-18,20-22H,19H2,1-2H3;4-7,9-11H,1-3H3;/q2*-1;/i19D2;;. The zero-order valence-corrected chi connectivity index (χ0v) is 34.6. The van der Waals surface area contributed by atoms with Gasteiger partial charge in [-0.3, -0.25) is 0 Å². The fourth-order valence-electron chi connectivity index (χ4n) is 6.14. The van der Waals surface area contributed by atoms with Gasteiger partial charge in [-0.1, -0.05) is 103 Å². The number of hydrogen-bond acceptors (Lipinski definition) is 3. The van der Waals surface area contributed by atoms with Gasteiger partial charge in [-0.05, 0) is 52.4 Å². The van der Waals surface area contributed by atoms with Crippen LogP contribution in [0.5, 0.6) is 0 Å². The molecular formula is C47H42GeIrN2O-2. The van der Waals surface area contributed by atoms with Gasteiger partial charge in [0.1, 0.15) is 5.58 Å². The molecule has 0 aliphatic carbocycles. The summed E-state index contributed by atoms with van der Waals surface area (Å²) < 4.78 is 24.9. The van der Waals surface area contributed by atoms with Crippen molar-refractivity contribution in [2.45, 2.75) is 37.5 Å². The van der Waals surface area contributed by atoms with Crippen LogP contribution in [0.15, 0.2) is 150 Å². The zero-order chi connectivity index (χ0) is 37.2. The van der Waals surface area contributed by atoms with E-state index in [-0.39, 0.29) is 26.0 Å². The second-order valence-electron chi connectivity index (χ2n) is 14.0. The third-order valence-electron chi connectivity index (χ3n) is 8.84. The van der Waals surface area contributed by atoms with Gasteiger partial charge < -0.3 is 9.40 Å². The molecular weight excluding hydrogens is 873 g/mol. The normalized spacial score (nSPS) is 12.1. The Morgan fingerprint density at radius 2 is 1.38 bits per heavy atom. The van der Waals surface area contributed by atoms with Gasteiger partial charge in [-0.25, -0.2) is 0 Å². The predicted molar refractivity (Wildman–Crippen MR) is 217 cm³/mol. The molecule has 0 amide bonds. The second kappa shape index (κ2) is 16.4. The minimum atomic E-state index is -1.72. The molecule has 0 N–H and O–H groups in total. The summed E-state index contributed by atoms with van der Waals surface area (Å²) >= 11 is -1.72. The van der Waals surface area contributed by atoms with Crippen molar-refractivity contribution in [2.75, 3.05) is 0 Å². The third kappa shape index (κ3) is 8.53. The molecule has 3 nitrogen and oxygen atoms in total. The first kappa shape index (κ1) is 34.5. The van der Waals surface area contributed by atoms with Gasteiger partial charge in [0.05, 0.1) is 5.58 Å². The van der Waals surface area contributed by atoms with Crippen molar-refractivity contribution < 1.29 is 27.3 Å². The molecule has 0 saturated carbocycles. The molecule has 0 aliphatic rings. The van der Waals surface area contributed by atoms with Crippen LogP contribution in [0.2, 0.25) is 17.3 Å². The quantitative estimate of drug-likeness (QED) is 0.118. The number of pyridine rings is 2. The van der Waals surface area contributed by atoms with Crippen LogP contribution in [-0.2, 0) is 26.5 Å². The molecule has 261 valence electrons. The van der Waals surface area contributed by atoms with Gasteiger partial charge in [-0.15, -0.1) is 18.2 Å². The minimum absolute atomic E-state index is 0. The maximum atomic E-state index is 8.50. The monoisotopic (exact) mass is 919 g/mol. The summed E-state index contributed by atoms with van der Waals surface area (Å²) in [5.74, 6) is 6.98. The Labute approximate surface area is 326 Å². The summed E-state index contributed by atoms with van der Waals surface area (Å²) in [7, 11) is 0. The SMILES string of the molecule is [2H]C([2H])(c1ccnc(-c2[c-]ccc3c2oc2cc(-c4ccc(-c5ccccc5)cc4)ccc23)c1)C(C)C.[CH3][Ge]([CH3])([CH3])[c]1ccc(-c2[c-]cccc2)nc1.[Ir]. The van der Waals surface area contributed by atoms with Crippen LogP contribution in [0.1, 0.15) is 22.2 Å². The second-order valence-corrected chi connectivity index (χ2v) is 24.7.